The maximum atomic E-state index is 11.5. The predicted octanol–water partition coefficient (Wildman–Crippen LogP) is 4.84. The van der Waals surface area contributed by atoms with Crippen molar-refractivity contribution in [3.05, 3.63) is 0 Å². The van der Waals surface area contributed by atoms with Gasteiger partial charge in [-0.05, 0) is 152 Å². The number of nitrogens with two attached hydrogens (primary N) is 2. The standard InChI is InChI=1S/C14H24N2O5S.C11H18N2O2.C11H18O4.C10H16O4.C5H8O4.C3H6O3S.C2H6O.CH3I.CH4.2K.H4N2.H2O/c1-5-21-13(17)7-8-14(4)11(2)15-16(12(14)3)9-6-10-22(18,19)20;1-5-15-10(14)6-7-11(4)8(2)12-13-9(11)3;1-5-15-10(14)6-7-11(4,8(2)12)9(3)13;1-4-14-10(13)6-5-9(7(2)11)8(3)12;6-4-8-9-5-2-1-3-7-5;4-7(5)3-1-2-6-7;1-2-3;1-2;;;;1-2;/h5-10H2,1-4H3;2*5-7H2,1-4H3;9H,4-6H2,1-3H3;4-5H,1-3H2;1-3H2;3H,2H2,1H3;1H3;1H4;;;1-2H2;1H2. The Kier molecular flexibility index (Phi) is 72.1. The maximum absolute atomic E-state index is 11.5. The summed E-state index contributed by atoms with van der Waals surface area (Å²) in [5.41, 5.74) is 2.23. The molecule has 2 unspecified atom stereocenters. The van der Waals surface area contributed by atoms with Crippen LogP contribution in [0.2, 0.25) is 0 Å². The number of nitrogens with zero attached hydrogens (tertiary/aromatic N) is 4. The molecule has 2 saturated heterocycles. The third kappa shape index (κ3) is 51.2. The fourth-order valence-corrected chi connectivity index (χ4v) is 9.05. The molecule has 0 aromatic rings. The summed E-state index contributed by atoms with van der Waals surface area (Å²) in [6, 6.07) is 0. The van der Waals surface area contributed by atoms with Gasteiger partial charge in [0.15, 0.2) is 12.3 Å². The summed E-state index contributed by atoms with van der Waals surface area (Å²) in [5, 5.41) is 20.1. The monoisotopic (exact) mass is 1540 g/mol. The number of hydrogen-bond donors (Lipinski definition) is 3. The Morgan fingerprint density at radius 2 is 1.17 bits per heavy atom. The van der Waals surface area contributed by atoms with Gasteiger partial charge >= 0.3 is 93.5 Å². The summed E-state index contributed by atoms with van der Waals surface area (Å²) >= 11 is 4.65. The number of rotatable bonds is 27. The first-order valence-corrected chi connectivity index (χ1v) is 51.2. The van der Waals surface area contributed by atoms with E-state index in [1.54, 1.807) is 39.3 Å². The first-order chi connectivity index (χ1) is 42.5. The number of esters is 4. The summed E-state index contributed by atoms with van der Waals surface area (Å²) in [6.45, 7) is 30.9. The molecule has 0 saturated carbocycles. The van der Waals surface area contributed by atoms with Crippen LogP contribution in [0.1, 0.15) is 195 Å². The van der Waals surface area contributed by atoms with Crippen molar-refractivity contribution in [2.45, 2.75) is 202 Å². The van der Waals surface area contributed by atoms with Crippen LogP contribution in [0.3, 0.4) is 0 Å². The Labute approximate surface area is 611 Å². The molecule has 0 radical (unpaired) electrons. The van der Waals surface area contributed by atoms with Crippen molar-refractivity contribution in [3.63, 3.8) is 0 Å². The molecule has 4 heterocycles. The number of carbonyl (C=O) groups excluding carboxylic acids is 9. The van der Waals surface area contributed by atoms with Crippen LogP contribution >= 0.6 is 22.6 Å². The van der Waals surface area contributed by atoms with Gasteiger partial charge in [-0.3, -0.25) is 63.9 Å². The Morgan fingerprint density at radius 3 is 1.49 bits per heavy atom. The third-order valence-corrected chi connectivity index (χ3v) is 15.8. The molecule has 4 aliphatic heterocycles. The van der Waals surface area contributed by atoms with Crippen LogP contribution in [0.25, 0.3) is 0 Å². The average Bonchev–Trinajstić information content (AvgIpc) is 1.71. The molecule has 35 heteroatoms. The molecule has 4 rings (SSSR count). The summed E-state index contributed by atoms with van der Waals surface area (Å²) < 4.78 is 82.6. The minimum absolute atomic E-state index is 0. The second-order valence-corrected chi connectivity index (χ2v) is 23.3. The topological polar surface area (TPSA) is 463 Å². The Balaban J connectivity index is -0.000000154. The van der Waals surface area contributed by atoms with Crippen molar-refractivity contribution < 1.29 is 117 Å². The van der Waals surface area contributed by atoms with Gasteiger partial charge in [0.25, 0.3) is 10.1 Å². The first-order valence-electron chi connectivity index (χ1n) is 29.9. The molecule has 0 aromatic carbocycles. The molecule has 93 heavy (non-hydrogen) atoms. The van der Waals surface area contributed by atoms with Crippen LogP contribution in [0, 0.1) is 22.2 Å². The van der Waals surface area contributed by atoms with Gasteiger partial charge in [0.2, 0.25) is 6.29 Å². The van der Waals surface area contributed by atoms with E-state index in [0.29, 0.717) is 71.9 Å². The number of halogens is 1. The van der Waals surface area contributed by atoms with Crippen LogP contribution in [0.5, 0.6) is 0 Å². The molecule has 7 N–H and O–H groups in total. The van der Waals surface area contributed by atoms with Crippen LogP contribution < -0.4 is 11.7 Å². The second-order valence-electron chi connectivity index (χ2n) is 20.0. The van der Waals surface area contributed by atoms with Gasteiger partial charge in [-0.2, -0.15) is 23.5 Å². The number of aliphatic hydroxyl groups is 1. The molecule has 0 spiro atoms. The molecular formula is C58H109IK2N6O24S2. The van der Waals surface area contributed by atoms with Crippen molar-refractivity contribution >= 4 is 182 Å². The molecule has 0 amide bonds. The van der Waals surface area contributed by atoms with E-state index < -0.39 is 37.3 Å². The zero-order valence-corrected chi connectivity index (χ0v) is 67.9. The Morgan fingerprint density at radius 1 is 0.763 bits per heavy atom. The summed E-state index contributed by atoms with van der Waals surface area (Å²) in [6.07, 6.45) is 5.04. The molecule has 30 nitrogen and oxygen atoms in total. The summed E-state index contributed by atoms with van der Waals surface area (Å²) in [7, 11) is -7.25. The number of aliphatic hydroxyl groups excluding tert-OH is 1. The van der Waals surface area contributed by atoms with Crippen LogP contribution in [-0.4, -0.2) is 252 Å². The van der Waals surface area contributed by atoms with E-state index in [-0.39, 0.29) is 128 Å². The van der Waals surface area contributed by atoms with Crippen LogP contribution in [-0.2, 0) is 101 Å². The van der Waals surface area contributed by atoms with Gasteiger partial charge in [-0.1, -0.05) is 34.7 Å². The van der Waals surface area contributed by atoms with Gasteiger partial charge in [0.05, 0.1) is 78.0 Å². The van der Waals surface area contributed by atoms with Gasteiger partial charge < -0.3 is 38.8 Å². The minimum atomic E-state index is -4.20. The van der Waals surface area contributed by atoms with Crippen molar-refractivity contribution in [3.8, 4) is 0 Å². The first kappa shape index (κ1) is 107. The van der Waals surface area contributed by atoms with E-state index in [0.717, 1.165) is 42.1 Å². The predicted molar refractivity (Wildman–Crippen MR) is 363 cm³/mol. The van der Waals surface area contributed by atoms with Gasteiger partial charge in [0.1, 0.15) is 23.1 Å². The molecule has 0 aliphatic carbocycles. The summed E-state index contributed by atoms with van der Waals surface area (Å²) in [5.74, 6) is 5.23. The van der Waals surface area contributed by atoms with Crippen molar-refractivity contribution in [2.24, 2.45) is 49.2 Å². The molecule has 536 valence electrons. The Hall–Kier alpha value is -1.71. The molecule has 0 bridgehead atoms. The number of hydrazone groups is 1. The molecule has 2 fully saturated rings. The number of ether oxygens (including phenoxy) is 5. The zero-order chi connectivity index (χ0) is 72.2. The second kappa shape index (κ2) is 62.5. The number of carbonyl (C=O) groups is 9. The zero-order valence-electron chi connectivity index (χ0n) is 57.9. The number of hydrazine groups is 1. The van der Waals surface area contributed by atoms with E-state index in [9.17, 15) is 64.5 Å². The van der Waals surface area contributed by atoms with Crippen molar-refractivity contribution in [1.29, 1.82) is 0 Å². The van der Waals surface area contributed by atoms with E-state index in [2.05, 4.69) is 70.5 Å². The third-order valence-electron chi connectivity index (χ3n) is 13.7. The fraction of sp³-hybridized carbons (Fsp3) is 0.776. The van der Waals surface area contributed by atoms with Gasteiger partial charge in [-0.25, -0.2) is 8.42 Å². The average molecular weight is 1540 g/mol. The fourth-order valence-electron chi connectivity index (χ4n) is 7.61. The Bertz CT molecular complexity index is 2460. The molecule has 0 aromatic heterocycles. The SMILES string of the molecule is C.CCO.CCOC(=O)CCC(C(C)=O)C(C)=O.CCOC(=O)CCC(C)(C(C)=O)C(C)=O.CCOC(=O)CCC1(C)C(C)=NN=C1C.CCOC(=O)CCC1(C)C(C)=N[N+](CCCS(=O)(=O)[O-])=C1C.CI.NN.O.O=COOC1CCCO1.O=S1(=O)CCCO1.[K][K]. The van der Waals surface area contributed by atoms with Gasteiger partial charge in [0, 0.05) is 74.6 Å². The van der Waals surface area contributed by atoms with Crippen LogP contribution in [0.4, 0.5) is 0 Å². The number of Topliss-reactive ketones (excluding diaryl/α,β-unsaturated/α-hetero) is 4. The number of hydrogen-bond acceptors (Lipinski definition) is 28. The molecular weight excluding hydrogens is 1430 g/mol. The summed E-state index contributed by atoms with van der Waals surface area (Å²) in [4.78, 5) is 109. The quantitative estimate of drug-likeness (QED) is 0.00790. The van der Waals surface area contributed by atoms with Gasteiger partial charge in [-0.15, -0.1) is 0 Å². The molecule has 4 aliphatic rings. The van der Waals surface area contributed by atoms with Crippen LogP contribution in [0.15, 0.2) is 15.3 Å². The molecule has 2 atom stereocenters. The van der Waals surface area contributed by atoms with Crippen molar-refractivity contribution in [2.75, 3.05) is 69.2 Å². The van der Waals surface area contributed by atoms with E-state index >= 15 is 0 Å². The number of alkyl halides is 1. The van der Waals surface area contributed by atoms with E-state index in [1.807, 2.05) is 46.5 Å². The van der Waals surface area contributed by atoms with E-state index in [4.69, 9.17) is 28.8 Å². The number of ketones is 4. The normalized spacial score (nSPS) is 16.5. The van der Waals surface area contributed by atoms with Crippen molar-refractivity contribution in [1.82, 2.24) is 0 Å². The van der Waals surface area contributed by atoms with E-state index in [1.165, 1.54) is 90.8 Å².